The van der Waals surface area contributed by atoms with E-state index >= 15 is 0 Å². The second-order valence-corrected chi connectivity index (χ2v) is 5.87. The zero-order valence-corrected chi connectivity index (χ0v) is 11.5. The Balaban J connectivity index is 2.25. The van der Waals surface area contributed by atoms with Crippen molar-refractivity contribution in [3.8, 4) is 6.07 Å². The molecule has 2 heteroatoms. The van der Waals surface area contributed by atoms with Gasteiger partial charge in [-0.1, -0.05) is 32.4 Å². The summed E-state index contributed by atoms with van der Waals surface area (Å²) in [6.45, 7) is 6.52. The summed E-state index contributed by atoms with van der Waals surface area (Å²) in [4.78, 5) is 0. The Morgan fingerprint density at radius 2 is 2.11 bits per heavy atom. The number of rotatable bonds is 2. The highest BCUT2D eigenvalue weighted by atomic mass is 15.0. The van der Waals surface area contributed by atoms with Crippen molar-refractivity contribution in [1.29, 1.82) is 5.26 Å². The Morgan fingerprint density at radius 3 is 2.78 bits per heavy atom. The van der Waals surface area contributed by atoms with Crippen LogP contribution in [0, 0.1) is 30.1 Å². The number of benzene rings is 1. The quantitative estimate of drug-likeness (QED) is 0.846. The summed E-state index contributed by atoms with van der Waals surface area (Å²) >= 11 is 0. The molecule has 2 rings (SSSR count). The summed E-state index contributed by atoms with van der Waals surface area (Å²) in [6, 6.07) is 10.8. The summed E-state index contributed by atoms with van der Waals surface area (Å²) < 4.78 is 0. The molecule has 0 aromatic heterocycles. The summed E-state index contributed by atoms with van der Waals surface area (Å²) in [5.41, 5.74) is 1.90. The van der Waals surface area contributed by atoms with E-state index in [0.717, 1.165) is 18.5 Å². The van der Waals surface area contributed by atoms with E-state index in [4.69, 9.17) is 0 Å². The Morgan fingerprint density at radius 1 is 1.33 bits per heavy atom. The van der Waals surface area contributed by atoms with Gasteiger partial charge in [0.2, 0.25) is 0 Å². The smallest absolute Gasteiger partial charge is 0.128 e. The number of hydrogen-bond donors (Lipinski definition) is 1. The van der Waals surface area contributed by atoms with Gasteiger partial charge >= 0.3 is 0 Å². The van der Waals surface area contributed by atoms with Gasteiger partial charge in [-0.05, 0) is 49.3 Å². The van der Waals surface area contributed by atoms with Crippen molar-refractivity contribution in [3.63, 3.8) is 0 Å². The fourth-order valence-electron chi connectivity index (χ4n) is 2.97. The normalized spacial score (nSPS) is 31.7. The van der Waals surface area contributed by atoms with Crippen molar-refractivity contribution in [2.24, 2.45) is 11.8 Å². The topological polar surface area (TPSA) is 35.8 Å². The summed E-state index contributed by atoms with van der Waals surface area (Å²) in [5.74, 6) is 1.03. The molecular formula is C16H22N2. The van der Waals surface area contributed by atoms with Gasteiger partial charge in [0, 0.05) is 5.69 Å². The van der Waals surface area contributed by atoms with Crippen LogP contribution in [0.1, 0.15) is 38.7 Å². The molecule has 1 aliphatic rings. The molecule has 0 bridgehead atoms. The molecule has 0 saturated heterocycles. The van der Waals surface area contributed by atoms with Crippen LogP contribution in [0.4, 0.5) is 5.69 Å². The van der Waals surface area contributed by atoms with Gasteiger partial charge < -0.3 is 5.32 Å². The Bertz CT molecular complexity index is 460. The van der Waals surface area contributed by atoms with Crippen molar-refractivity contribution in [1.82, 2.24) is 0 Å². The Kier molecular flexibility index (Phi) is 3.61. The van der Waals surface area contributed by atoms with E-state index in [1.54, 1.807) is 0 Å². The first-order valence-corrected chi connectivity index (χ1v) is 6.82. The van der Waals surface area contributed by atoms with Gasteiger partial charge in [0.15, 0.2) is 0 Å². The fraction of sp³-hybridized carbons (Fsp3) is 0.562. The monoisotopic (exact) mass is 242 g/mol. The highest BCUT2D eigenvalue weighted by Gasteiger charge is 2.40. The Hall–Kier alpha value is -1.49. The third-order valence-corrected chi connectivity index (χ3v) is 4.19. The van der Waals surface area contributed by atoms with Crippen molar-refractivity contribution in [3.05, 3.63) is 29.8 Å². The van der Waals surface area contributed by atoms with Crippen LogP contribution >= 0.6 is 0 Å². The van der Waals surface area contributed by atoms with Crippen LogP contribution in [-0.4, -0.2) is 5.54 Å². The van der Waals surface area contributed by atoms with E-state index in [0.29, 0.717) is 11.8 Å². The van der Waals surface area contributed by atoms with E-state index in [9.17, 15) is 5.26 Å². The molecule has 18 heavy (non-hydrogen) atoms. The molecule has 0 heterocycles. The van der Waals surface area contributed by atoms with E-state index in [1.165, 1.54) is 12.0 Å². The number of hydrogen-bond acceptors (Lipinski definition) is 2. The molecule has 3 atom stereocenters. The first-order chi connectivity index (χ1) is 8.55. The lowest BCUT2D eigenvalue weighted by Crippen LogP contribution is -2.47. The zero-order chi connectivity index (χ0) is 13.2. The average Bonchev–Trinajstić information content (AvgIpc) is 2.34. The average molecular weight is 242 g/mol. The van der Waals surface area contributed by atoms with Crippen LogP contribution in [0.3, 0.4) is 0 Å². The molecule has 1 aromatic rings. The molecule has 3 unspecified atom stereocenters. The molecule has 2 nitrogen and oxygen atoms in total. The second-order valence-electron chi connectivity index (χ2n) is 5.87. The predicted molar refractivity (Wildman–Crippen MR) is 75.3 cm³/mol. The minimum Gasteiger partial charge on any atom is -0.367 e. The van der Waals surface area contributed by atoms with Crippen molar-refractivity contribution in [2.75, 3.05) is 5.32 Å². The lowest BCUT2D eigenvalue weighted by molar-refractivity contribution is 0.229. The van der Waals surface area contributed by atoms with Gasteiger partial charge in [0.25, 0.3) is 0 Å². The van der Waals surface area contributed by atoms with Crippen LogP contribution in [0.15, 0.2) is 24.3 Å². The SMILES string of the molecule is Cc1cccc(NC2(C#N)CC(C)CCC2C)c1. The molecule has 1 N–H and O–H groups in total. The van der Waals surface area contributed by atoms with Gasteiger partial charge in [0.05, 0.1) is 6.07 Å². The summed E-state index contributed by atoms with van der Waals surface area (Å²) in [5, 5.41) is 13.2. The van der Waals surface area contributed by atoms with Gasteiger partial charge in [-0.25, -0.2) is 0 Å². The van der Waals surface area contributed by atoms with Crippen LogP contribution < -0.4 is 5.32 Å². The largest absolute Gasteiger partial charge is 0.367 e. The van der Waals surface area contributed by atoms with Crippen LogP contribution in [-0.2, 0) is 0 Å². The third kappa shape index (κ3) is 2.51. The molecule has 0 amide bonds. The van der Waals surface area contributed by atoms with Gasteiger partial charge in [0.1, 0.15) is 5.54 Å². The van der Waals surface area contributed by atoms with Crippen molar-refractivity contribution >= 4 is 5.69 Å². The lowest BCUT2D eigenvalue weighted by atomic mass is 9.70. The fourth-order valence-corrected chi connectivity index (χ4v) is 2.97. The van der Waals surface area contributed by atoms with Crippen molar-refractivity contribution in [2.45, 2.75) is 45.6 Å². The molecule has 1 aliphatic carbocycles. The lowest BCUT2D eigenvalue weighted by Gasteiger charge is -2.41. The van der Waals surface area contributed by atoms with Gasteiger partial charge in [-0.3, -0.25) is 0 Å². The maximum absolute atomic E-state index is 9.65. The van der Waals surface area contributed by atoms with Crippen LogP contribution in [0.25, 0.3) is 0 Å². The molecule has 1 aromatic carbocycles. The first-order valence-electron chi connectivity index (χ1n) is 6.82. The van der Waals surface area contributed by atoms with E-state index < -0.39 is 5.54 Å². The maximum Gasteiger partial charge on any atom is 0.128 e. The Labute approximate surface area is 110 Å². The molecule has 1 fully saturated rings. The molecule has 0 radical (unpaired) electrons. The van der Waals surface area contributed by atoms with E-state index in [2.05, 4.69) is 50.4 Å². The molecule has 0 spiro atoms. The predicted octanol–water partition coefficient (Wildman–Crippen LogP) is 4.13. The van der Waals surface area contributed by atoms with Gasteiger partial charge in [-0.2, -0.15) is 5.26 Å². The summed E-state index contributed by atoms with van der Waals surface area (Å²) in [7, 11) is 0. The van der Waals surface area contributed by atoms with Crippen LogP contribution in [0.2, 0.25) is 0 Å². The highest BCUT2D eigenvalue weighted by molar-refractivity contribution is 5.50. The highest BCUT2D eigenvalue weighted by Crippen LogP contribution is 2.38. The summed E-state index contributed by atoms with van der Waals surface area (Å²) in [6.07, 6.45) is 3.31. The van der Waals surface area contributed by atoms with E-state index in [1.807, 2.05) is 6.07 Å². The first kappa shape index (κ1) is 13.0. The number of aryl methyl sites for hydroxylation is 1. The van der Waals surface area contributed by atoms with Gasteiger partial charge in [-0.15, -0.1) is 0 Å². The number of nitrogens with one attached hydrogen (secondary N) is 1. The third-order valence-electron chi connectivity index (χ3n) is 4.19. The molecule has 1 saturated carbocycles. The minimum absolute atomic E-state index is 0.397. The molecular weight excluding hydrogens is 220 g/mol. The molecule has 96 valence electrons. The van der Waals surface area contributed by atoms with Crippen molar-refractivity contribution < 1.29 is 0 Å². The standard InChI is InChI=1S/C16H22N2/c1-12-5-4-6-15(9-12)18-16(11-17)10-13(2)7-8-14(16)3/h4-6,9,13-14,18H,7-8,10H2,1-3H3. The zero-order valence-electron chi connectivity index (χ0n) is 11.5. The molecule has 0 aliphatic heterocycles. The number of nitrogens with zero attached hydrogens (tertiary/aromatic N) is 1. The second kappa shape index (κ2) is 5.02. The number of nitriles is 1. The number of anilines is 1. The maximum atomic E-state index is 9.65. The van der Waals surface area contributed by atoms with Crippen LogP contribution in [0.5, 0.6) is 0 Å². The minimum atomic E-state index is -0.397. The van der Waals surface area contributed by atoms with E-state index in [-0.39, 0.29) is 0 Å².